The van der Waals surface area contributed by atoms with Crippen LogP contribution in [0.2, 0.25) is 0 Å². The van der Waals surface area contributed by atoms with Crippen LogP contribution < -0.4 is 15.2 Å². The summed E-state index contributed by atoms with van der Waals surface area (Å²) in [6.45, 7) is -0.172. The average Bonchev–Trinajstić information content (AvgIpc) is 3.19. The Labute approximate surface area is 317 Å². The van der Waals surface area contributed by atoms with E-state index in [9.17, 15) is 40.9 Å². The molecule has 0 bridgehead atoms. The van der Waals surface area contributed by atoms with E-state index in [-0.39, 0.29) is 23.0 Å². The Hall–Kier alpha value is -3.54. The quantitative estimate of drug-likeness (QED) is 0.0938. The summed E-state index contributed by atoms with van der Waals surface area (Å²) < 4.78 is 46.1. The molecule has 2 aromatic rings. The van der Waals surface area contributed by atoms with E-state index in [1.165, 1.54) is 64.1 Å². The first kappa shape index (κ1) is 42.6. The molecule has 19 heteroatoms. The van der Waals surface area contributed by atoms with Gasteiger partial charge in [0.05, 0.1) is 52.3 Å². The summed E-state index contributed by atoms with van der Waals surface area (Å²) >= 11 is 0. The number of phenols is 2. The van der Waals surface area contributed by atoms with E-state index >= 15 is 0 Å². The number of aliphatic imine (C=N–C) groups is 2. The van der Waals surface area contributed by atoms with Crippen LogP contribution in [0.15, 0.2) is 46.4 Å². The van der Waals surface area contributed by atoms with Crippen molar-refractivity contribution < 1.29 is 78.7 Å². The molecule has 0 aromatic heterocycles. The Morgan fingerprint density at radius 1 is 0.655 bits per heavy atom. The summed E-state index contributed by atoms with van der Waals surface area (Å²) in [6, 6.07) is 5.27. The third-order valence-electron chi connectivity index (χ3n) is 9.98. The van der Waals surface area contributed by atoms with Crippen molar-refractivity contribution >= 4 is 12.4 Å². The summed E-state index contributed by atoms with van der Waals surface area (Å²) in [5, 5.41) is 85.1. The number of aliphatic hydroxyl groups is 6. The number of benzene rings is 2. The SMILES string of the molecule is COc1cc(/C=N/C2C(OC3C(CO)OC(OC)C(/N=C/c4ccc(O)c(OC)c4)C3O)OC(CO)C(OC3OC(CO)C(C)C(O)C3N)C2O)ccc1O. The van der Waals surface area contributed by atoms with Gasteiger partial charge in [0, 0.05) is 25.5 Å². The molecule has 19 nitrogen and oxygen atoms in total. The van der Waals surface area contributed by atoms with E-state index < -0.39 is 112 Å². The predicted molar refractivity (Wildman–Crippen MR) is 191 cm³/mol. The summed E-state index contributed by atoms with van der Waals surface area (Å²) in [6.07, 6.45) is -11.8. The normalized spacial score (nSPS) is 37.0. The van der Waals surface area contributed by atoms with Gasteiger partial charge in [-0.25, -0.2) is 0 Å². The van der Waals surface area contributed by atoms with Gasteiger partial charge in [-0.3, -0.25) is 9.98 Å². The molecule has 15 atom stereocenters. The fourth-order valence-corrected chi connectivity index (χ4v) is 6.72. The number of rotatable bonds is 14. The lowest BCUT2D eigenvalue weighted by Gasteiger charge is -2.48. The minimum atomic E-state index is -1.63. The Morgan fingerprint density at radius 3 is 1.55 bits per heavy atom. The summed E-state index contributed by atoms with van der Waals surface area (Å²) in [5.74, 6) is -0.421. The van der Waals surface area contributed by atoms with Crippen LogP contribution in [-0.4, -0.2) is 180 Å². The molecule has 5 rings (SSSR count). The lowest BCUT2D eigenvalue weighted by molar-refractivity contribution is -0.346. The second-order valence-electron chi connectivity index (χ2n) is 13.4. The molecule has 0 radical (unpaired) electrons. The third kappa shape index (κ3) is 9.37. The Kier molecular flexibility index (Phi) is 14.8. The highest BCUT2D eigenvalue weighted by Gasteiger charge is 2.53. The number of methoxy groups -OCH3 is 3. The van der Waals surface area contributed by atoms with E-state index in [0.29, 0.717) is 11.1 Å². The molecule has 3 saturated heterocycles. The van der Waals surface area contributed by atoms with Gasteiger partial charge < -0.3 is 84.5 Å². The van der Waals surface area contributed by atoms with Crippen LogP contribution in [-0.2, 0) is 28.4 Å². The van der Waals surface area contributed by atoms with Crippen molar-refractivity contribution in [2.45, 2.75) is 92.8 Å². The van der Waals surface area contributed by atoms with Crippen molar-refractivity contribution in [3.63, 3.8) is 0 Å². The Bertz CT molecular complexity index is 1600. The average molecular weight is 782 g/mol. The molecule has 0 saturated carbocycles. The molecular formula is C36H51N3O16. The van der Waals surface area contributed by atoms with Gasteiger partial charge in [-0.1, -0.05) is 6.92 Å². The molecule has 2 aromatic carbocycles. The number of aliphatic hydroxyl groups excluding tert-OH is 6. The lowest BCUT2D eigenvalue weighted by Crippen LogP contribution is -2.66. The maximum absolute atomic E-state index is 11.9. The van der Waals surface area contributed by atoms with E-state index in [1.807, 2.05) is 0 Å². The van der Waals surface area contributed by atoms with Crippen LogP contribution in [0, 0.1) is 5.92 Å². The topological polar surface area (TPSA) is 286 Å². The third-order valence-corrected chi connectivity index (χ3v) is 9.98. The highest BCUT2D eigenvalue weighted by molar-refractivity contribution is 5.81. The second-order valence-corrected chi connectivity index (χ2v) is 13.4. The van der Waals surface area contributed by atoms with Crippen LogP contribution in [0.4, 0.5) is 0 Å². The highest BCUT2D eigenvalue weighted by atomic mass is 16.7. The van der Waals surface area contributed by atoms with Gasteiger partial charge in [-0.2, -0.15) is 0 Å². The Balaban J connectivity index is 1.46. The largest absolute Gasteiger partial charge is 0.504 e. The van der Waals surface area contributed by atoms with Crippen LogP contribution in [0.5, 0.6) is 23.0 Å². The molecule has 55 heavy (non-hydrogen) atoms. The van der Waals surface area contributed by atoms with Gasteiger partial charge in [-0.15, -0.1) is 0 Å². The number of hydrogen-bond acceptors (Lipinski definition) is 19. The first-order valence-corrected chi connectivity index (χ1v) is 17.6. The zero-order valence-corrected chi connectivity index (χ0v) is 30.7. The standard InChI is InChI=1S/C36H51N3O16/c1-16-23(13-40)51-34(26(37)29(16)45)54-32-25(15-42)53-36(28(31(32)47)39-12-18-6-8-20(44)22(10-18)49-3)55-33-24(14-41)52-35(50-4)27(30(33)46)38-11-17-5-7-19(43)21(9-17)48-2/h5-12,16,23-36,40-47H,13-15,37H2,1-4H3/b38-11+,39-12+. The minimum absolute atomic E-state index is 0.0874. The Morgan fingerprint density at radius 2 is 1.09 bits per heavy atom. The van der Waals surface area contributed by atoms with Gasteiger partial charge in [-0.05, 0) is 47.5 Å². The molecular weight excluding hydrogens is 730 g/mol. The van der Waals surface area contributed by atoms with Crippen LogP contribution in [0.1, 0.15) is 18.1 Å². The molecule has 0 amide bonds. The number of phenolic OH excluding ortho intramolecular Hbond substituents is 2. The molecule has 0 spiro atoms. The predicted octanol–water partition coefficient (Wildman–Crippen LogP) is -2.00. The first-order valence-electron chi connectivity index (χ1n) is 17.6. The monoisotopic (exact) mass is 781 g/mol. The fourth-order valence-electron chi connectivity index (χ4n) is 6.72. The zero-order chi connectivity index (χ0) is 40.0. The van der Waals surface area contributed by atoms with Crippen molar-refractivity contribution in [1.82, 2.24) is 0 Å². The van der Waals surface area contributed by atoms with Crippen molar-refractivity contribution in [2.24, 2.45) is 21.6 Å². The second kappa shape index (κ2) is 19.1. The van der Waals surface area contributed by atoms with Crippen molar-refractivity contribution in [2.75, 3.05) is 41.2 Å². The number of nitrogens with two attached hydrogens (primary N) is 1. The maximum atomic E-state index is 11.9. The van der Waals surface area contributed by atoms with Gasteiger partial charge >= 0.3 is 0 Å². The molecule has 306 valence electrons. The van der Waals surface area contributed by atoms with Gasteiger partial charge in [0.1, 0.15) is 48.7 Å². The van der Waals surface area contributed by atoms with Gasteiger partial charge in [0.25, 0.3) is 0 Å². The van der Waals surface area contributed by atoms with E-state index in [4.69, 9.17) is 43.6 Å². The summed E-state index contributed by atoms with van der Waals surface area (Å²) in [5.41, 5.74) is 7.18. The molecule has 15 unspecified atom stereocenters. The van der Waals surface area contributed by atoms with E-state index in [1.54, 1.807) is 13.0 Å². The molecule has 0 aliphatic carbocycles. The molecule has 10 N–H and O–H groups in total. The minimum Gasteiger partial charge on any atom is -0.504 e. The molecule has 3 fully saturated rings. The van der Waals surface area contributed by atoms with Crippen LogP contribution in [0.3, 0.4) is 0 Å². The molecule has 3 aliphatic heterocycles. The van der Waals surface area contributed by atoms with E-state index in [2.05, 4.69) is 9.98 Å². The first-order chi connectivity index (χ1) is 26.4. The van der Waals surface area contributed by atoms with Crippen LogP contribution in [0.25, 0.3) is 0 Å². The molecule has 3 aliphatic rings. The van der Waals surface area contributed by atoms with Crippen molar-refractivity contribution in [3.05, 3.63) is 47.5 Å². The number of aromatic hydroxyl groups is 2. The smallest absolute Gasteiger partial charge is 0.183 e. The summed E-state index contributed by atoms with van der Waals surface area (Å²) in [7, 11) is 4.09. The summed E-state index contributed by atoms with van der Waals surface area (Å²) in [4.78, 5) is 9.02. The van der Waals surface area contributed by atoms with Crippen molar-refractivity contribution in [3.8, 4) is 23.0 Å². The number of hydrogen-bond donors (Lipinski definition) is 9. The molecule has 3 heterocycles. The van der Waals surface area contributed by atoms with Gasteiger partial charge in [0.15, 0.2) is 41.9 Å². The zero-order valence-electron chi connectivity index (χ0n) is 30.7. The fraction of sp³-hybridized carbons (Fsp3) is 0.611. The number of ether oxygens (including phenoxy) is 8. The van der Waals surface area contributed by atoms with Crippen LogP contribution >= 0.6 is 0 Å². The highest BCUT2D eigenvalue weighted by Crippen LogP contribution is 2.35. The lowest BCUT2D eigenvalue weighted by atomic mass is 9.89. The number of nitrogens with zero attached hydrogens (tertiary/aromatic N) is 2. The maximum Gasteiger partial charge on any atom is 0.183 e. The van der Waals surface area contributed by atoms with Gasteiger partial charge in [0.2, 0.25) is 0 Å². The van der Waals surface area contributed by atoms with Crippen molar-refractivity contribution in [1.29, 1.82) is 0 Å². The van der Waals surface area contributed by atoms with E-state index in [0.717, 1.165) is 0 Å².